The maximum absolute atomic E-state index is 4.39. The van der Waals surface area contributed by atoms with Gasteiger partial charge in [-0.05, 0) is 29.5 Å². The molecule has 2 aromatic rings. The van der Waals surface area contributed by atoms with E-state index in [9.17, 15) is 0 Å². The number of thiazole rings is 1. The van der Waals surface area contributed by atoms with Crippen molar-refractivity contribution in [1.82, 2.24) is 15.0 Å². The number of nitrogens with zero attached hydrogens (tertiary/aromatic N) is 3. The molecule has 0 spiro atoms. The molecule has 15 heavy (non-hydrogen) atoms. The second kappa shape index (κ2) is 4.40. The summed E-state index contributed by atoms with van der Waals surface area (Å²) in [6, 6.07) is 0. The van der Waals surface area contributed by atoms with Crippen LogP contribution in [0.25, 0.3) is 11.5 Å². The lowest BCUT2D eigenvalue weighted by molar-refractivity contribution is 1.12. The lowest BCUT2D eigenvalue weighted by atomic mass is 10.4. The number of rotatable bonds is 2. The molecule has 0 aliphatic heterocycles. The highest BCUT2D eigenvalue weighted by atomic mass is 127. The first-order valence-corrected chi connectivity index (χ1v) is 6.29. The molecular weight excluding hydrogens is 323 g/mol. The van der Waals surface area contributed by atoms with Crippen molar-refractivity contribution in [2.45, 2.75) is 6.92 Å². The fourth-order valence-corrected chi connectivity index (χ4v) is 2.25. The normalized spacial score (nSPS) is 10.3. The van der Waals surface area contributed by atoms with Crippen LogP contribution in [0.3, 0.4) is 0 Å². The summed E-state index contributed by atoms with van der Waals surface area (Å²) < 4.78 is 1.01. The second-order valence-electron chi connectivity index (χ2n) is 2.89. The van der Waals surface area contributed by atoms with Crippen molar-refractivity contribution in [2.24, 2.45) is 0 Å². The Kier molecular flexibility index (Phi) is 3.15. The van der Waals surface area contributed by atoms with Crippen molar-refractivity contribution < 1.29 is 0 Å². The van der Waals surface area contributed by atoms with Crippen molar-refractivity contribution in [3.8, 4) is 11.5 Å². The molecule has 0 unspecified atom stereocenters. The second-order valence-corrected chi connectivity index (χ2v) is 5.12. The Bertz CT molecular complexity index is 483. The molecule has 0 saturated heterocycles. The van der Waals surface area contributed by atoms with Gasteiger partial charge >= 0.3 is 0 Å². The Hall–Kier alpha value is -0.760. The van der Waals surface area contributed by atoms with E-state index in [1.807, 2.05) is 19.4 Å². The fourth-order valence-electron chi connectivity index (χ4n) is 1.13. The highest BCUT2D eigenvalue weighted by Gasteiger charge is 2.08. The van der Waals surface area contributed by atoms with Gasteiger partial charge in [0, 0.05) is 18.6 Å². The molecule has 2 rings (SSSR count). The van der Waals surface area contributed by atoms with Gasteiger partial charge in [-0.1, -0.05) is 0 Å². The van der Waals surface area contributed by atoms with E-state index < -0.39 is 0 Å². The van der Waals surface area contributed by atoms with E-state index in [0.717, 1.165) is 20.1 Å². The quantitative estimate of drug-likeness (QED) is 0.859. The summed E-state index contributed by atoms with van der Waals surface area (Å²) in [6.07, 6.45) is 1.80. The molecule has 0 aliphatic rings. The zero-order valence-corrected chi connectivity index (χ0v) is 11.3. The Labute approximate surface area is 105 Å². The molecule has 0 aliphatic carbocycles. The van der Waals surface area contributed by atoms with Gasteiger partial charge in [-0.25, -0.2) is 15.0 Å². The highest BCUT2D eigenvalue weighted by molar-refractivity contribution is 14.1. The average molecular weight is 332 g/mol. The Balaban J connectivity index is 2.45. The maximum Gasteiger partial charge on any atom is 0.181 e. The third-order valence-corrected chi connectivity index (χ3v) is 3.39. The smallest absolute Gasteiger partial charge is 0.181 e. The predicted molar refractivity (Wildman–Crippen MR) is 70.1 cm³/mol. The number of anilines is 1. The molecule has 0 atom stereocenters. The maximum atomic E-state index is 4.39. The number of aromatic nitrogens is 3. The number of hydrogen-bond donors (Lipinski definition) is 1. The predicted octanol–water partition coefficient (Wildman–Crippen LogP) is 2.55. The van der Waals surface area contributed by atoms with E-state index in [4.69, 9.17) is 0 Å². The average Bonchev–Trinajstić information content (AvgIpc) is 2.66. The first-order valence-electron chi connectivity index (χ1n) is 4.33. The zero-order valence-electron chi connectivity index (χ0n) is 8.28. The Morgan fingerprint density at radius 1 is 1.40 bits per heavy atom. The van der Waals surface area contributed by atoms with Crippen molar-refractivity contribution in [1.29, 1.82) is 0 Å². The molecule has 0 aromatic carbocycles. The van der Waals surface area contributed by atoms with Gasteiger partial charge in [0.2, 0.25) is 0 Å². The molecule has 0 fully saturated rings. The van der Waals surface area contributed by atoms with Crippen LogP contribution >= 0.6 is 33.9 Å². The lowest BCUT2D eigenvalue weighted by Crippen LogP contribution is -1.99. The summed E-state index contributed by atoms with van der Waals surface area (Å²) in [5.74, 6) is 1.51. The summed E-state index contributed by atoms with van der Waals surface area (Å²) in [6.45, 7) is 1.97. The fraction of sp³-hybridized carbons (Fsp3) is 0.222. The minimum Gasteiger partial charge on any atom is -0.372 e. The highest BCUT2D eigenvalue weighted by Crippen LogP contribution is 2.21. The summed E-state index contributed by atoms with van der Waals surface area (Å²) in [5.41, 5.74) is 0.838. The van der Waals surface area contributed by atoms with E-state index in [0.29, 0.717) is 5.82 Å². The molecule has 2 aromatic heterocycles. The number of aryl methyl sites for hydroxylation is 1. The van der Waals surface area contributed by atoms with Gasteiger partial charge in [0.1, 0.15) is 11.5 Å². The largest absolute Gasteiger partial charge is 0.372 e. The van der Waals surface area contributed by atoms with Gasteiger partial charge in [0.25, 0.3) is 0 Å². The molecule has 78 valence electrons. The van der Waals surface area contributed by atoms with E-state index in [2.05, 4.69) is 42.9 Å². The van der Waals surface area contributed by atoms with Gasteiger partial charge < -0.3 is 5.32 Å². The molecule has 1 N–H and O–H groups in total. The van der Waals surface area contributed by atoms with Crippen LogP contribution in [-0.4, -0.2) is 22.0 Å². The van der Waals surface area contributed by atoms with E-state index in [1.165, 1.54) is 0 Å². The number of halogens is 1. The van der Waals surface area contributed by atoms with E-state index in [1.54, 1.807) is 17.5 Å². The summed E-state index contributed by atoms with van der Waals surface area (Å²) in [4.78, 5) is 13.0. The third-order valence-electron chi connectivity index (χ3n) is 1.83. The van der Waals surface area contributed by atoms with Crippen LogP contribution in [0.15, 0.2) is 11.6 Å². The molecule has 0 radical (unpaired) electrons. The van der Waals surface area contributed by atoms with Crippen LogP contribution in [0.2, 0.25) is 0 Å². The molecule has 0 bridgehead atoms. The molecule has 6 heteroatoms. The summed E-state index contributed by atoms with van der Waals surface area (Å²) in [7, 11) is 1.85. The third kappa shape index (κ3) is 2.25. The van der Waals surface area contributed by atoms with Crippen LogP contribution in [0.4, 0.5) is 5.82 Å². The molecule has 0 saturated carbocycles. The first-order chi connectivity index (χ1) is 7.20. The van der Waals surface area contributed by atoms with Crippen molar-refractivity contribution in [2.75, 3.05) is 12.4 Å². The summed E-state index contributed by atoms with van der Waals surface area (Å²) >= 11 is 3.80. The molecule has 4 nitrogen and oxygen atoms in total. The van der Waals surface area contributed by atoms with Gasteiger partial charge in [-0.15, -0.1) is 11.3 Å². The van der Waals surface area contributed by atoms with Gasteiger partial charge in [0.05, 0.1) is 8.58 Å². The standard InChI is InChI=1S/C9H9IN4S/c1-5-13-7(4-15-5)9-12-3-6(10)8(11-2)14-9/h3-4H,1-2H3,(H,11,12,14). The molecule has 0 amide bonds. The van der Waals surface area contributed by atoms with Crippen LogP contribution in [0.5, 0.6) is 0 Å². The monoisotopic (exact) mass is 332 g/mol. The summed E-state index contributed by atoms with van der Waals surface area (Å²) in [5, 5.41) is 6.02. The van der Waals surface area contributed by atoms with Gasteiger partial charge in [-0.3, -0.25) is 0 Å². The Morgan fingerprint density at radius 2 is 2.20 bits per heavy atom. The van der Waals surface area contributed by atoms with Gasteiger partial charge in [0.15, 0.2) is 5.82 Å². The molecule has 2 heterocycles. The number of nitrogens with one attached hydrogen (secondary N) is 1. The lowest BCUT2D eigenvalue weighted by Gasteiger charge is -2.03. The number of hydrogen-bond acceptors (Lipinski definition) is 5. The zero-order chi connectivity index (χ0) is 10.8. The Morgan fingerprint density at radius 3 is 2.80 bits per heavy atom. The topological polar surface area (TPSA) is 50.7 Å². The van der Waals surface area contributed by atoms with Crippen LogP contribution < -0.4 is 5.32 Å². The minimum atomic E-state index is 0.670. The van der Waals surface area contributed by atoms with Crippen LogP contribution in [-0.2, 0) is 0 Å². The van der Waals surface area contributed by atoms with Crippen LogP contribution in [0, 0.1) is 10.5 Å². The van der Waals surface area contributed by atoms with E-state index >= 15 is 0 Å². The van der Waals surface area contributed by atoms with Crippen LogP contribution in [0.1, 0.15) is 5.01 Å². The minimum absolute atomic E-state index is 0.670. The van der Waals surface area contributed by atoms with E-state index in [-0.39, 0.29) is 0 Å². The first kappa shape index (κ1) is 10.7. The molecular formula is C9H9IN4S. The van der Waals surface area contributed by atoms with Gasteiger partial charge in [-0.2, -0.15) is 0 Å². The van der Waals surface area contributed by atoms with Crippen molar-refractivity contribution in [3.05, 3.63) is 20.2 Å². The van der Waals surface area contributed by atoms with Crippen molar-refractivity contribution in [3.63, 3.8) is 0 Å². The SMILES string of the molecule is CNc1nc(-c2csc(C)n2)ncc1I. The van der Waals surface area contributed by atoms with Crippen molar-refractivity contribution >= 4 is 39.7 Å².